The number of rotatable bonds is 6. The average Bonchev–Trinajstić information content (AvgIpc) is 3.78. The molecule has 0 aliphatic heterocycles. The molecular weight excluding hydrogens is 679 g/mol. The SMILES string of the molecule is COC(=O)c1c[nH]c2cc(Cl)c(-c3ccc(-c4ccccc4)cc3)cc12.O=C(O)c1c[nH]c2cc(Cl)c(-c3ccc(-c4ccccc4)cc3)cc12. The van der Waals surface area contributed by atoms with Crippen LogP contribution < -0.4 is 0 Å². The van der Waals surface area contributed by atoms with Gasteiger partial charge >= 0.3 is 11.9 Å². The van der Waals surface area contributed by atoms with Crippen LogP contribution in [0, 0.1) is 0 Å². The number of nitrogens with one attached hydrogen (secondary N) is 2. The Morgan fingerprint density at radius 3 is 1.31 bits per heavy atom. The van der Waals surface area contributed by atoms with Gasteiger partial charge in [0.1, 0.15) is 0 Å². The summed E-state index contributed by atoms with van der Waals surface area (Å²) in [5, 5.41) is 12.0. The van der Waals surface area contributed by atoms with Gasteiger partial charge in [0.05, 0.1) is 28.3 Å². The van der Waals surface area contributed by atoms with Gasteiger partial charge in [-0.15, -0.1) is 0 Å². The van der Waals surface area contributed by atoms with E-state index in [0.29, 0.717) is 26.5 Å². The Labute approximate surface area is 303 Å². The van der Waals surface area contributed by atoms with Gasteiger partial charge in [-0.2, -0.15) is 0 Å². The van der Waals surface area contributed by atoms with Gasteiger partial charge in [0.25, 0.3) is 0 Å². The van der Waals surface area contributed by atoms with Crippen molar-refractivity contribution in [1.82, 2.24) is 9.97 Å². The largest absolute Gasteiger partial charge is 0.478 e. The van der Waals surface area contributed by atoms with Gasteiger partial charge in [-0.1, -0.05) is 132 Å². The van der Waals surface area contributed by atoms with Crippen molar-refractivity contribution >= 4 is 56.9 Å². The summed E-state index contributed by atoms with van der Waals surface area (Å²) in [4.78, 5) is 29.3. The number of carboxylic acids is 1. The quantitative estimate of drug-likeness (QED) is 0.150. The number of hydrogen-bond donors (Lipinski definition) is 3. The zero-order valence-corrected chi connectivity index (χ0v) is 28.8. The number of fused-ring (bicyclic) bond motifs is 2. The first kappa shape index (κ1) is 33.4. The summed E-state index contributed by atoms with van der Waals surface area (Å²) in [5.41, 5.74) is 10.5. The minimum atomic E-state index is -0.959. The highest BCUT2D eigenvalue weighted by Crippen LogP contribution is 2.36. The number of aromatic carboxylic acids is 1. The highest BCUT2D eigenvalue weighted by molar-refractivity contribution is 6.35. The Balaban J connectivity index is 0.000000159. The summed E-state index contributed by atoms with van der Waals surface area (Å²) in [6.07, 6.45) is 3.14. The summed E-state index contributed by atoms with van der Waals surface area (Å²) < 4.78 is 4.85. The predicted molar refractivity (Wildman–Crippen MR) is 207 cm³/mol. The number of carbonyl (C=O) groups excluding carboxylic acids is 1. The van der Waals surface area contributed by atoms with Crippen LogP contribution in [0.2, 0.25) is 10.0 Å². The second-order valence-corrected chi connectivity index (χ2v) is 12.7. The number of esters is 1. The molecule has 8 aromatic rings. The average molecular weight is 710 g/mol. The lowest BCUT2D eigenvalue weighted by Crippen LogP contribution is -1.99. The number of ether oxygens (including phenoxy) is 1. The summed E-state index contributed by atoms with van der Waals surface area (Å²) in [5.74, 6) is -1.33. The summed E-state index contributed by atoms with van der Waals surface area (Å²) in [6, 6.07) is 44.0. The molecule has 8 heteroatoms. The molecule has 6 nitrogen and oxygen atoms in total. The number of aromatic amines is 2. The number of methoxy groups -OCH3 is 1. The fourth-order valence-corrected chi connectivity index (χ4v) is 6.68. The van der Waals surface area contributed by atoms with Crippen molar-refractivity contribution in [3.63, 3.8) is 0 Å². The molecule has 0 atom stereocenters. The van der Waals surface area contributed by atoms with E-state index < -0.39 is 5.97 Å². The van der Waals surface area contributed by atoms with Crippen LogP contribution in [0.3, 0.4) is 0 Å². The molecule has 250 valence electrons. The molecule has 0 fully saturated rings. The monoisotopic (exact) mass is 708 g/mol. The summed E-state index contributed by atoms with van der Waals surface area (Å²) >= 11 is 12.9. The lowest BCUT2D eigenvalue weighted by atomic mass is 9.99. The van der Waals surface area contributed by atoms with E-state index in [1.807, 2.05) is 91.0 Å². The van der Waals surface area contributed by atoms with Crippen LogP contribution in [0.4, 0.5) is 0 Å². The third-order valence-electron chi connectivity index (χ3n) is 8.78. The molecule has 0 amide bonds. The number of H-pyrrole nitrogens is 2. The minimum Gasteiger partial charge on any atom is -0.478 e. The Hall–Kier alpha value is -6.08. The zero-order chi connectivity index (χ0) is 35.5. The molecule has 0 aliphatic carbocycles. The molecule has 6 aromatic carbocycles. The molecule has 2 aromatic heterocycles. The highest BCUT2D eigenvalue weighted by Gasteiger charge is 2.16. The van der Waals surface area contributed by atoms with Crippen LogP contribution in [-0.4, -0.2) is 34.1 Å². The van der Waals surface area contributed by atoms with Crippen molar-refractivity contribution in [3.8, 4) is 44.5 Å². The number of hydrogen-bond acceptors (Lipinski definition) is 3. The van der Waals surface area contributed by atoms with E-state index in [4.69, 9.17) is 27.9 Å². The molecule has 8 rings (SSSR count). The maximum atomic E-state index is 11.9. The van der Waals surface area contributed by atoms with Gasteiger partial charge in [0.15, 0.2) is 0 Å². The van der Waals surface area contributed by atoms with Gasteiger partial charge in [-0.25, -0.2) is 9.59 Å². The summed E-state index contributed by atoms with van der Waals surface area (Å²) in [6.45, 7) is 0. The van der Waals surface area contributed by atoms with Crippen LogP contribution >= 0.6 is 23.2 Å². The van der Waals surface area contributed by atoms with Crippen molar-refractivity contribution in [3.05, 3.63) is 167 Å². The zero-order valence-electron chi connectivity index (χ0n) is 27.3. The lowest BCUT2D eigenvalue weighted by molar-refractivity contribution is 0.0602. The van der Waals surface area contributed by atoms with Crippen molar-refractivity contribution in [2.24, 2.45) is 0 Å². The van der Waals surface area contributed by atoms with Crippen molar-refractivity contribution < 1.29 is 19.4 Å². The lowest BCUT2D eigenvalue weighted by Gasteiger charge is -2.08. The highest BCUT2D eigenvalue weighted by atomic mass is 35.5. The van der Waals surface area contributed by atoms with Crippen LogP contribution in [0.1, 0.15) is 20.7 Å². The van der Waals surface area contributed by atoms with Gasteiger partial charge in [0.2, 0.25) is 0 Å². The van der Waals surface area contributed by atoms with Crippen molar-refractivity contribution in [2.75, 3.05) is 7.11 Å². The molecule has 51 heavy (non-hydrogen) atoms. The van der Waals surface area contributed by atoms with E-state index in [9.17, 15) is 14.7 Å². The van der Waals surface area contributed by atoms with Gasteiger partial charge in [-0.05, 0) is 57.6 Å². The molecule has 0 saturated carbocycles. The van der Waals surface area contributed by atoms with Crippen molar-refractivity contribution in [2.45, 2.75) is 0 Å². The van der Waals surface area contributed by atoms with Gasteiger partial charge in [0, 0.05) is 45.3 Å². The molecule has 0 radical (unpaired) electrons. The van der Waals surface area contributed by atoms with E-state index in [0.717, 1.165) is 49.8 Å². The maximum Gasteiger partial charge on any atom is 0.340 e. The Morgan fingerprint density at radius 1 is 0.529 bits per heavy atom. The topological polar surface area (TPSA) is 95.2 Å². The Kier molecular flexibility index (Phi) is 9.45. The Morgan fingerprint density at radius 2 is 0.902 bits per heavy atom. The molecular formula is C43H30Cl2N2O4. The second kappa shape index (κ2) is 14.4. The normalized spacial score (nSPS) is 10.9. The van der Waals surface area contributed by atoms with Crippen LogP contribution in [0.5, 0.6) is 0 Å². The standard InChI is InChI=1S/C22H16ClNO2.C21H14ClNO2/c1-26-22(25)19-13-24-21-12-20(23)17(11-18(19)21)16-9-7-15(8-10-16)14-5-3-2-4-6-14;22-19-11-20-17(18(12-23-20)21(24)25)10-16(19)15-8-6-14(7-9-15)13-4-2-1-3-5-13/h2-13,24H,1H3;1-12,23H,(H,24,25). The van der Waals surface area contributed by atoms with Crippen molar-refractivity contribution in [1.29, 1.82) is 0 Å². The summed E-state index contributed by atoms with van der Waals surface area (Å²) in [7, 11) is 1.38. The fraction of sp³-hybridized carbons (Fsp3) is 0.0233. The molecule has 0 bridgehead atoms. The van der Waals surface area contributed by atoms with E-state index >= 15 is 0 Å². The predicted octanol–water partition coefficient (Wildman–Crippen LogP) is 11.8. The van der Waals surface area contributed by atoms with E-state index in [-0.39, 0.29) is 11.5 Å². The molecule has 2 heterocycles. The number of carboxylic acid groups (broad SMARTS) is 1. The molecule has 0 spiro atoms. The van der Waals surface area contributed by atoms with Crippen LogP contribution in [-0.2, 0) is 4.74 Å². The van der Waals surface area contributed by atoms with E-state index in [2.05, 4.69) is 46.4 Å². The van der Waals surface area contributed by atoms with E-state index in [1.54, 1.807) is 12.3 Å². The fourth-order valence-electron chi connectivity index (χ4n) is 6.13. The van der Waals surface area contributed by atoms with E-state index in [1.165, 1.54) is 18.9 Å². The second-order valence-electron chi connectivity index (χ2n) is 11.8. The number of carbonyl (C=O) groups is 2. The first-order chi connectivity index (χ1) is 24.8. The van der Waals surface area contributed by atoms with Crippen LogP contribution in [0.15, 0.2) is 146 Å². The number of benzene rings is 6. The van der Waals surface area contributed by atoms with Crippen LogP contribution in [0.25, 0.3) is 66.3 Å². The Bertz CT molecular complexity index is 2500. The van der Waals surface area contributed by atoms with Gasteiger partial charge in [-0.3, -0.25) is 0 Å². The van der Waals surface area contributed by atoms with Gasteiger partial charge < -0.3 is 19.8 Å². The number of halogens is 2. The first-order valence-corrected chi connectivity index (χ1v) is 16.8. The third-order valence-corrected chi connectivity index (χ3v) is 9.41. The third kappa shape index (κ3) is 6.88. The molecule has 0 aliphatic rings. The minimum absolute atomic E-state index is 0.244. The first-order valence-electron chi connectivity index (χ1n) is 16.1. The molecule has 3 N–H and O–H groups in total. The molecule has 0 saturated heterocycles. The molecule has 0 unspecified atom stereocenters. The number of aromatic nitrogens is 2. The maximum absolute atomic E-state index is 11.9. The smallest absolute Gasteiger partial charge is 0.340 e.